The van der Waals surface area contributed by atoms with Crippen LogP contribution in [0.3, 0.4) is 0 Å². The number of carbonyl (C=O) groups excluding carboxylic acids is 1. The summed E-state index contributed by atoms with van der Waals surface area (Å²) in [6.07, 6.45) is 1.74. The molecule has 0 spiro atoms. The lowest BCUT2D eigenvalue weighted by molar-refractivity contribution is 0.0963. The average molecular weight is 364 g/mol. The van der Waals surface area contributed by atoms with Crippen LogP contribution in [0.2, 0.25) is 0 Å². The summed E-state index contributed by atoms with van der Waals surface area (Å²) in [5.41, 5.74) is 3.43. The second-order valence-corrected chi connectivity index (χ2v) is 6.57. The van der Waals surface area contributed by atoms with E-state index in [0.717, 1.165) is 22.9 Å². The molecule has 0 atom stereocenters. The molecule has 1 aromatic carbocycles. The molecule has 140 valence electrons. The standard InChI is InChI=1S/C20H24N6O/c1-13(2)17-12-19(26(4)25-17)24-16-9-10-22-18(11-16)23-15-7-5-14(6-8-15)20(27)21-3/h5-13H,1-4H3,(H,21,27)(H2,22,23,24). The van der Waals surface area contributed by atoms with E-state index in [-0.39, 0.29) is 5.91 Å². The van der Waals surface area contributed by atoms with Crippen LogP contribution >= 0.6 is 0 Å². The van der Waals surface area contributed by atoms with Gasteiger partial charge in [-0.05, 0) is 36.2 Å². The normalized spacial score (nSPS) is 10.7. The van der Waals surface area contributed by atoms with Crippen LogP contribution in [0, 0.1) is 0 Å². The summed E-state index contributed by atoms with van der Waals surface area (Å²) < 4.78 is 1.83. The summed E-state index contributed by atoms with van der Waals surface area (Å²) in [5.74, 6) is 1.90. The molecule has 0 aliphatic heterocycles. The van der Waals surface area contributed by atoms with Gasteiger partial charge in [-0.3, -0.25) is 9.48 Å². The van der Waals surface area contributed by atoms with Gasteiger partial charge in [-0.25, -0.2) is 4.98 Å². The highest BCUT2D eigenvalue weighted by atomic mass is 16.1. The average Bonchev–Trinajstić information content (AvgIpc) is 3.03. The first-order chi connectivity index (χ1) is 13.0. The number of aryl methyl sites for hydroxylation is 1. The van der Waals surface area contributed by atoms with Crippen molar-refractivity contribution in [3.63, 3.8) is 0 Å². The largest absolute Gasteiger partial charge is 0.355 e. The van der Waals surface area contributed by atoms with Crippen molar-refractivity contribution in [3.8, 4) is 0 Å². The molecular formula is C20H24N6O. The maximum atomic E-state index is 11.6. The van der Waals surface area contributed by atoms with Crippen molar-refractivity contribution >= 4 is 28.9 Å². The number of rotatable bonds is 6. The van der Waals surface area contributed by atoms with Crippen molar-refractivity contribution in [2.24, 2.45) is 7.05 Å². The number of hydrogen-bond acceptors (Lipinski definition) is 5. The molecule has 0 unspecified atom stereocenters. The Bertz CT molecular complexity index is 930. The lowest BCUT2D eigenvalue weighted by Gasteiger charge is -2.10. The first kappa shape index (κ1) is 18.4. The predicted molar refractivity (Wildman–Crippen MR) is 108 cm³/mol. The van der Waals surface area contributed by atoms with Crippen LogP contribution in [0.5, 0.6) is 0 Å². The molecule has 0 bridgehead atoms. The van der Waals surface area contributed by atoms with E-state index in [1.807, 2.05) is 36.0 Å². The van der Waals surface area contributed by atoms with Crippen LogP contribution in [0.25, 0.3) is 0 Å². The van der Waals surface area contributed by atoms with Crippen LogP contribution in [0.1, 0.15) is 35.8 Å². The van der Waals surface area contributed by atoms with Gasteiger partial charge in [0.25, 0.3) is 5.91 Å². The zero-order chi connectivity index (χ0) is 19.4. The maximum Gasteiger partial charge on any atom is 0.251 e. The van der Waals surface area contributed by atoms with E-state index in [2.05, 4.69) is 45.9 Å². The topological polar surface area (TPSA) is 83.9 Å². The number of anilines is 4. The summed E-state index contributed by atoms with van der Waals surface area (Å²) in [5, 5.41) is 13.7. The third-order valence-electron chi connectivity index (χ3n) is 4.17. The molecule has 7 heteroatoms. The second kappa shape index (κ2) is 7.90. The summed E-state index contributed by atoms with van der Waals surface area (Å²) in [7, 11) is 3.53. The Morgan fingerprint density at radius 2 is 1.78 bits per heavy atom. The minimum absolute atomic E-state index is 0.109. The van der Waals surface area contributed by atoms with Crippen LogP contribution in [0.4, 0.5) is 23.0 Å². The van der Waals surface area contributed by atoms with Gasteiger partial charge in [-0.15, -0.1) is 0 Å². The maximum absolute atomic E-state index is 11.6. The van der Waals surface area contributed by atoms with Gasteiger partial charge in [0.1, 0.15) is 11.6 Å². The number of hydrogen-bond donors (Lipinski definition) is 3. The quantitative estimate of drug-likeness (QED) is 0.620. The highest BCUT2D eigenvalue weighted by Crippen LogP contribution is 2.23. The van der Waals surface area contributed by atoms with E-state index in [4.69, 9.17) is 0 Å². The van der Waals surface area contributed by atoms with Gasteiger partial charge in [0.05, 0.1) is 5.69 Å². The molecule has 0 aliphatic rings. The van der Waals surface area contributed by atoms with Crippen molar-refractivity contribution in [1.29, 1.82) is 0 Å². The number of aromatic nitrogens is 3. The van der Waals surface area contributed by atoms with Crippen LogP contribution in [-0.2, 0) is 7.05 Å². The minimum atomic E-state index is -0.109. The molecule has 1 amide bonds. The molecule has 3 aromatic rings. The van der Waals surface area contributed by atoms with Crippen LogP contribution in [0.15, 0.2) is 48.7 Å². The zero-order valence-corrected chi connectivity index (χ0v) is 15.9. The Morgan fingerprint density at radius 3 is 2.41 bits per heavy atom. The number of nitrogens with one attached hydrogen (secondary N) is 3. The zero-order valence-electron chi connectivity index (χ0n) is 15.9. The Balaban J connectivity index is 1.73. The van der Waals surface area contributed by atoms with E-state index in [1.54, 1.807) is 25.4 Å². The molecule has 27 heavy (non-hydrogen) atoms. The smallest absolute Gasteiger partial charge is 0.251 e. The highest BCUT2D eigenvalue weighted by molar-refractivity contribution is 5.94. The molecule has 3 N–H and O–H groups in total. The van der Waals surface area contributed by atoms with Gasteiger partial charge in [-0.1, -0.05) is 13.8 Å². The molecule has 0 saturated carbocycles. The summed E-state index contributed by atoms with van der Waals surface area (Å²) in [6, 6.07) is 13.1. The van der Waals surface area contributed by atoms with E-state index < -0.39 is 0 Å². The van der Waals surface area contributed by atoms with Gasteiger partial charge in [0.15, 0.2) is 0 Å². The summed E-state index contributed by atoms with van der Waals surface area (Å²) >= 11 is 0. The van der Waals surface area contributed by atoms with Crippen molar-refractivity contribution in [1.82, 2.24) is 20.1 Å². The number of benzene rings is 1. The lowest BCUT2D eigenvalue weighted by atomic mass is 10.1. The van der Waals surface area contributed by atoms with Gasteiger partial charge in [-0.2, -0.15) is 5.10 Å². The Hall–Kier alpha value is -3.35. The molecule has 2 heterocycles. The van der Waals surface area contributed by atoms with Crippen molar-refractivity contribution in [2.45, 2.75) is 19.8 Å². The molecule has 0 saturated heterocycles. The molecule has 0 radical (unpaired) electrons. The second-order valence-electron chi connectivity index (χ2n) is 6.57. The first-order valence-corrected chi connectivity index (χ1v) is 8.82. The number of amides is 1. The SMILES string of the molecule is CNC(=O)c1ccc(Nc2cc(Nc3cc(C(C)C)nn3C)ccn2)cc1. The van der Waals surface area contributed by atoms with E-state index >= 15 is 0 Å². The predicted octanol–water partition coefficient (Wildman–Crippen LogP) is 3.79. The van der Waals surface area contributed by atoms with Crippen LogP contribution < -0.4 is 16.0 Å². The molecule has 3 rings (SSSR count). The molecular weight excluding hydrogens is 340 g/mol. The fourth-order valence-corrected chi connectivity index (χ4v) is 2.61. The van der Waals surface area contributed by atoms with Gasteiger partial charge >= 0.3 is 0 Å². The fraction of sp³-hybridized carbons (Fsp3) is 0.250. The van der Waals surface area contributed by atoms with Crippen LogP contribution in [-0.4, -0.2) is 27.7 Å². The summed E-state index contributed by atoms with van der Waals surface area (Å²) in [4.78, 5) is 16.0. The molecule has 0 aliphatic carbocycles. The number of nitrogens with zero attached hydrogens (tertiary/aromatic N) is 3. The highest BCUT2D eigenvalue weighted by Gasteiger charge is 2.09. The monoisotopic (exact) mass is 364 g/mol. The van der Waals surface area contributed by atoms with Gasteiger partial charge in [0, 0.05) is 49.4 Å². The van der Waals surface area contributed by atoms with Crippen molar-refractivity contribution < 1.29 is 4.79 Å². The lowest BCUT2D eigenvalue weighted by Crippen LogP contribution is -2.17. The summed E-state index contributed by atoms with van der Waals surface area (Å²) in [6.45, 7) is 4.24. The van der Waals surface area contributed by atoms with Crippen molar-refractivity contribution in [2.75, 3.05) is 17.7 Å². The Morgan fingerprint density at radius 1 is 1.04 bits per heavy atom. The third-order valence-corrected chi connectivity index (χ3v) is 4.17. The Kier molecular flexibility index (Phi) is 5.40. The number of carbonyl (C=O) groups is 1. The Labute approximate surface area is 158 Å². The molecule has 0 fully saturated rings. The number of pyridine rings is 1. The molecule has 2 aromatic heterocycles. The first-order valence-electron chi connectivity index (χ1n) is 8.82. The fourth-order valence-electron chi connectivity index (χ4n) is 2.61. The van der Waals surface area contributed by atoms with E-state index in [9.17, 15) is 4.79 Å². The van der Waals surface area contributed by atoms with Gasteiger partial charge in [0.2, 0.25) is 0 Å². The van der Waals surface area contributed by atoms with Crippen molar-refractivity contribution in [3.05, 3.63) is 59.9 Å². The van der Waals surface area contributed by atoms with E-state index in [0.29, 0.717) is 17.3 Å². The van der Waals surface area contributed by atoms with E-state index in [1.165, 1.54) is 0 Å². The van der Waals surface area contributed by atoms with Gasteiger partial charge < -0.3 is 16.0 Å². The third kappa shape index (κ3) is 4.44. The molecule has 7 nitrogen and oxygen atoms in total. The minimum Gasteiger partial charge on any atom is -0.355 e.